The number of hydrogen-bond donors (Lipinski definition) is 1. The van der Waals surface area contributed by atoms with Crippen molar-refractivity contribution in [3.8, 4) is 0 Å². The molecule has 7 nitrogen and oxygen atoms in total. The lowest BCUT2D eigenvalue weighted by Gasteiger charge is -2.36. The second-order valence-corrected chi connectivity index (χ2v) is 11.6. The van der Waals surface area contributed by atoms with Crippen LogP contribution in [0.2, 0.25) is 23.4 Å². The minimum Gasteiger partial charge on any atom is -0.414 e. The Labute approximate surface area is 130 Å². The van der Waals surface area contributed by atoms with E-state index in [1.54, 1.807) is 0 Å². The lowest BCUT2D eigenvalue weighted by Crippen LogP contribution is -2.43. The predicted molar refractivity (Wildman–Crippen MR) is 83.0 cm³/mol. The average Bonchev–Trinajstić information content (AvgIpc) is 2.67. The third-order valence-electron chi connectivity index (χ3n) is 3.81. The Kier molecular flexibility index (Phi) is 5.54. The van der Waals surface area contributed by atoms with Crippen LogP contribution < -0.4 is 0 Å². The summed E-state index contributed by atoms with van der Waals surface area (Å²) in [6, 6.07) is 0. The van der Waals surface area contributed by atoms with E-state index in [9.17, 15) is 15.2 Å². The maximum Gasteiger partial charge on any atom is 0.343 e. The molecule has 1 N–H and O–H groups in total. The molecule has 9 heteroatoms. The number of nitrogens with zero attached hydrogens (tertiary/aromatic N) is 3. The number of nitro groups is 1. The largest absolute Gasteiger partial charge is 0.414 e. The number of hydrogen-bond acceptors (Lipinski definition) is 5. The van der Waals surface area contributed by atoms with Gasteiger partial charge in [0, 0.05) is 0 Å². The van der Waals surface area contributed by atoms with E-state index in [0.29, 0.717) is 0 Å². The van der Waals surface area contributed by atoms with Crippen LogP contribution in [0.3, 0.4) is 0 Å². The van der Waals surface area contributed by atoms with Crippen LogP contribution in [0.4, 0.5) is 5.82 Å². The van der Waals surface area contributed by atoms with Gasteiger partial charge in [-0.05, 0) is 34.7 Å². The molecule has 0 aliphatic rings. The maximum atomic E-state index is 10.8. The molecule has 0 saturated carbocycles. The molecule has 120 valence electrons. The van der Waals surface area contributed by atoms with Crippen molar-refractivity contribution in [2.45, 2.75) is 51.6 Å². The minimum atomic E-state index is -1.97. The molecule has 0 amide bonds. The highest BCUT2D eigenvalue weighted by Gasteiger charge is 2.37. The van der Waals surface area contributed by atoms with Gasteiger partial charge in [0.15, 0.2) is 8.32 Å². The molecule has 1 heterocycles. The summed E-state index contributed by atoms with van der Waals surface area (Å²) in [5.41, 5.74) is 0. The first-order chi connectivity index (χ1) is 9.45. The quantitative estimate of drug-likeness (QED) is 0.490. The van der Waals surface area contributed by atoms with Gasteiger partial charge in [0.05, 0.1) is 6.61 Å². The van der Waals surface area contributed by atoms with Crippen molar-refractivity contribution in [3.05, 3.63) is 21.6 Å². The van der Waals surface area contributed by atoms with Gasteiger partial charge in [0.25, 0.3) is 5.28 Å². The van der Waals surface area contributed by atoms with Crippen molar-refractivity contribution >= 4 is 25.7 Å². The number of imidazole rings is 1. The summed E-state index contributed by atoms with van der Waals surface area (Å²) in [6.45, 7) is 10.5. The highest BCUT2D eigenvalue weighted by molar-refractivity contribution is 6.74. The second kappa shape index (κ2) is 6.43. The zero-order valence-corrected chi connectivity index (χ0v) is 14.7. The first-order valence-electron chi connectivity index (χ1n) is 6.63. The van der Waals surface area contributed by atoms with Crippen molar-refractivity contribution in [1.82, 2.24) is 9.55 Å². The third kappa shape index (κ3) is 4.50. The summed E-state index contributed by atoms with van der Waals surface area (Å²) in [7, 11) is -1.97. The van der Waals surface area contributed by atoms with Gasteiger partial charge < -0.3 is 19.6 Å². The lowest BCUT2D eigenvalue weighted by molar-refractivity contribution is -0.392. The number of aliphatic hydroxyl groups is 1. The maximum absolute atomic E-state index is 10.8. The molecule has 0 unspecified atom stereocenters. The Morgan fingerprint density at radius 3 is 2.62 bits per heavy atom. The Bertz CT molecular complexity index is 513. The van der Waals surface area contributed by atoms with Crippen LogP contribution in [0.1, 0.15) is 20.8 Å². The van der Waals surface area contributed by atoms with Crippen LogP contribution in [-0.4, -0.2) is 40.6 Å². The SMILES string of the molecule is CC(C)(C)[Si](C)(C)OC[C@@H](O)Cn1c([N+](=O)[O-])cnc1Cl. The molecule has 0 fully saturated rings. The van der Waals surface area contributed by atoms with E-state index >= 15 is 0 Å². The van der Waals surface area contributed by atoms with Crippen molar-refractivity contribution in [2.75, 3.05) is 6.61 Å². The summed E-state index contributed by atoms with van der Waals surface area (Å²) in [4.78, 5) is 13.9. The molecular weight excluding hydrogens is 314 g/mol. The topological polar surface area (TPSA) is 90.4 Å². The summed E-state index contributed by atoms with van der Waals surface area (Å²) in [5.74, 6) is -0.244. The molecule has 0 aliphatic heterocycles. The summed E-state index contributed by atoms with van der Waals surface area (Å²) in [6.07, 6.45) is 0.188. The number of rotatable bonds is 6. The van der Waals surface area contributed by atoms with Gasteiger partial charge in [-0.3, -0.25) is 0 Å². The standard InChI is InChI=1S/C12H22ClN3O4Si/c1-12(2,3)21(4,5)20-8-9(17)7-15-10(16(18)19)6-14-11(15)13/h6,9,17H,7-8H2,1-5H3/t9-/m0/s1. The van der Waals surface area contributed by atoms with E-state index < -0.39 is 19.3 Å². The van der Waals surface area contributed by atoms with Crippen molar-refractivity contribution in [2.24, 2.45) is 0 Å². The number of halogens is 1. The molecule has 0 spiro atoms. The first-order valence-corrected chi connectivity index (χ1v) is 9.92. The Balaban J connectivity index is 2.69. The number of aromatic nitrogens is 2. The fourth-order valence-electron chi connectivity index (χ4n) is 1.44. The highest BCUT2D eigenvalue weighted by Crippen LogP contribution is 2.36. The van der Waals surface area contributed by atoms with Crippen molar-refractivity contribution < 1.29 is 14.5 Å². The molecule has 0 radical (unpaired) electrons. The van der Waals surface area contributed by atoms with Gasteiger partial charge in [-0.15, -0.1) is 0 Å². The van der Waals surface area contributed by atoms with Crippen molar-refractivity contribution in [3.63, 3.8) is 0 Å². The normalized spacial score (nSPS) is 14.2. The van der Waals surface area contributed by atoms with Crippen LogP contribution in [0, 0.1) is 10.1 Å². The van der Waals surface area contributed by atoms with Crippen molar-refractivity contribution in [1.29, 1.82) is 0 Å². The third-order valence-corrected chi connectivity index (χ3v) is 8.61. The van der Waals surface area contributed by atoms with Gasteiger partial charge in [0.2, 0.25) is 0 Å². The van der Waals surface area contributed by atoms with Crippen LogP contribution in [0.25, 0.3) is 0 Å². The highest BCUT2D eigenvalue weighted by atomic mass is 35.5. The summed E-state index contributed by atoms with van der Waals surface area (Å²) >= 11 is 5.80. The smallest absolute Gasteiger partial charge is 0.343 e. The lowest BCUT2D eigenvalue weighted by atomic mass is 10.2. The monoisotopic (exact) mass is 335 g/mol. The average molecular weight is 336 g/mol. The van der Waals surface area contributed by atoms with E-state index in [-0.39, 0.29) is 29.3 Å². The summed E-state index contributed by atoms with van der Waals surface area (Å²) < 4.78 is 7.05. The van der Waals surface area contributed by atoms with E-state index in [2.05, 4.69) is 38.8 Å². The Morgan fingerprint density at radius 1 is 1.57 bits per heavy atom. The van der Waals surface area contributed by atoms with Crippen LogP contribution in [0.15, 0.2) is 6.20 Å². The molecule has 1 atom stereocenters. The van der Waals surface area contributed by atoms with Gasteiger partial charge >= 0.3 is 5.82 Å². The number of aliphatic hydroxyl groups excluding tert-OH is 1. The van der Waals surface area contributed by atoms with Crippen LogP contribution >= 0.6 is 11.6 Å². The molecule has 0 aromatic carbocycles. The zero-order chi connectivity index (χ0) is 16.4. The minimum absolute atomic E-state index is 0.0203. The molecule has 0 bridgehead atoms. The molecule has 1 rings (SSSR count). The van der Waals surface area contributed by atoms with E-state index in [1.807, 2.05) is 0 Å². The fraction of sp³-hybridized carbons (Fsp3) is 0.750. The van der Waals surface area contributed by atoms with Gasteiger partial charge in [-0.2, -0.15) is 9.55 Å². The van der Waals surface area contributed by atoms with Gasteiger partial charge in [0.1, 0.15) is 18.8 Å². The van der Waals surface area contributed by atoms with E-state index in [1.165, 1.54) is 4.57 Å². The Hall–Kier alpha value is -0.963. The van der Waals surface area contributed by atoms with Crippen LogP contribution in [-0.2, 0) is 11.0 Å². The van der Waals surface area contributed by atoms with Gasteiger partial charge in [-0.25, -0.2) is 0 Å². The van der Waals surface area contributed by atoms with E-state index in [0.717, 1.165) is 6.20 Å². The first kappa shape index (κ1) is 18.1. The molecule has 1 aromatic rings. The molecular formula is C12H22ClN3O4Si. The Morgan fingerprint density at radius 2 is 2.14 bits per heavy atom. The van der Waals surface area contributed by atoms with E-state index in [4.69, 9.17) is 16.0 Å². The molecule has 1 aromatic heterocycles. The fourth-order valence-corrected chi connectivity index (χ4v) is 2.69. The molecule has 21 heavy (non-hydrogen) atoms. The molecule has 0 aliphatic carbocycles. The zero-order valence-electron chi connectivity index (χ0n) is 13.0. The second-order valence-electron chi connectivity index (χ2n) is 6.48. The summed E-state index contributed by atoms with van der Waals surface area (Å²) in [5, 5.41) is 20.9. The predicted octanol–water partition coefficient (Wildman–Crippen LogP) is 2.83. The van der Waals surface area contributed by atoms with Gasteiger partial charge in [-0.1, -0.05) is 20.8 Å². The van der Waals surface area contributed by atoms with Crippen LogP contribution in [0.5, 0.6) is 0 Å². The molecule has 0 saturated heterocycles.